The van der Waals surface area contributed by atoms with Crippen molar-refractivity contribution in [2.75, 3.05) is 4.90 Å². The Morgan fingerprint density at radius 3 is 1.61 bits per heavy atom. The normalized spacial score (nSPS) is 17.8. The van der Waals surface area contributed by atoms with E-state index in [0.717, 1.165) is 48.9 Å². The SMILES string of the molecule is CCCCc1ccc(N2C(c3ccc([N+](=O)[O-])cc3)CCC2c2ccc([N+](=O)[O-])cc2)cc1. The molecule has 33 heavy (non-hydrogen) atoms. The predicted molar refractivity (Wildman–Crippen MR) is 128 cm³/mol. The molecule has 0 aliphatic carbocycles. The molecule has 1 fully saturated rings. The smallest absolute Gasteiger partial charge is 0.269 e. The summed E-state index contributed by atoms with van der Waals surface area (Å²) < 4.78 is 0. The third kappa shape index (κ3) is 4.87. The van der Waals surface area contributed by atoms with Crippen LogP contribution in [-0.2, 0) is 6.42 Å². The van der Waals surface area contributed by atoms with Crippen LogP contribution in [-0.4, -0.2) is 9.85 Å². The van der Waals surface area contributed by atoms with Crippen molar-refractivity contribution in [3.8, 4) is 0 Å². The van der Waals surface area contributed by atoms with Gasteiger partial charge in [0.2, 0.25) is 0 Å². The zero-order chi connectivity index (χ0) is 23.4. The summed E-state index contributed by atoms with van der Waals surface area (Å²) in [5, 5.41) is 22.2. The van der Waals surface area contributed by atoms with Gasteiger partial charge in [-0.1, -0.05) is 49.7 Å². The minimum absolute atomic E-state index is 0.0625. The van der Waals surface area contributed by atoms with Crippen LogP contribution in [0.15, 0.2) is 72.8 Å². The zero-order valence-electron chi connectivity index (χ0n) is 18.6. The van der Waals surface area contributed by atoms with Crippen molar-refractivity contribution in [1.29, 1.82) is 0 Å². The molecule has 2 unspecified atom stereocenters. The summed E-state index contributed by atoms with van der Waals surface area (Å²) in [6.07, 6.45) is 5.13. The van der Waals surface area contributed by atoms with E-state index in [1.165, 1.54) is 5.56 Å². The van der Waals surface area contributed by atoms with Crippen molar-refractivity contribution in [2.24, 2.45) is 0 Å². The molecule has 1 aliphatic heterocycles. The summed E-state index contributed by atoms with van der Waals surface area (Å²) >= 11 is 0. The van der Waals surface area contributed by atoms with E-state index in [1.807, 2.05) is 24.3 Å². The van der Waals surface area contributed by atoms with Crippen molar-refractivity contribution >= 4 is 17.1 Å². The molecular weight excluding hydrogens is 418 g/mol. The van der Waals surface area contributed by atoms with Crippen molar-refractivity contribution in [3.63, 3.8) is 0 Å². The molecule has 1 heterocycles. The van der Waals surface area contributed by atoms with Gasteiger partial charge in [0.15, 0.2) is 0 Å². The molecule has 0 radical (unpaired) electrons. The monoisotopic (exact) mass is 445 g/mol. The summed E-state index contributed by atoms with van der Waals surface area (Å²) in [5.41, 5.74) is 4.60. The summed E-state index contributed by atoms with van der Waals surface area (Å²) in [4.78, 5) is 23.8. The van der Waals surface area contributed by atoms with E-state index in [0.29, 0.717) is 0 Å². The van der Waals surface area contributed by atoms with Gasteiger partial charge in [0, 0.05) is 30.0 Å². The van der Waals surface area contributed by atoms with Crippen molar-refractivity contribution < 1.29 is 9.85 Å². The zero-order valence-corrected chi connectivity index (χ0v) is 18.6. The van der Waals surface area contributed by atoms with E-state index < -0.39 is 0 Å². The quantitative estimate of drug-likeness (QED) is 0.277. The minimum atomic E-state index is -0.384. The van der Waals surface area contributed by atoms with Crippen molar-refractivity contribution in [2.45, 2.75) is 51.1 Å². The summed E-state index contributed by atoms with van der Waals surface area (Å²) in [5.74, 6) is 0. The van der Waals surface area contributed by atoms with Gasteiger partial charge >= 0.3 is 0 Å². The lowest BCUT2D eigenvalue weighted by Gasteiger charge is -2.33. The summed E-state index contributed by atoms with van der Waals surface area (Å²) in [7, 11) is 0. The number of hydrogen-bond donors (Lipinski definition) is 0. The van der Waals surface area contributed by atoms with Crippen LogP contribution in [0.2, 0.25) is 0 Å². The minimum Gasteiger partial charge on any atom is -0.357 e. The first kappa shape index (κ1) is 22.5. The van der Waals surface area contributed by atoms with Gasteiger partial charge in [-0.15, -0.1) is 0 Å². The molecule has 0 aromatic heterocycles. The topological polar surface area (TPSA) is 89.5 Å². The standard InChI is InChI=1S/C26H27N3O4/c1-2-3-4-19-5-11-22(12-6-19)27-25(20-7-13-23(14-8-20)28(30)31)17-18-26(27)21-9-15-24(16-10-21)29(32)33/h5-16,25-26H,2-4,17-18H2,1H3. The molecule has 3 aromatic rings. The van der Waals surface area contributed by atoms with Crippen LogP contribution in [0.3, 0.4) is 0 Å². The number of unbranched alkanes of at least 4 members (excludes halogenated alkanes) is 1. The Kier molecular flexibility index (Phi) is 6.68. The van der Waals surface area contributed by atoms with E-state index in [2.05, 4.69) is 36.1 Å². The van der Waals surface area contributed by atoms with E-state index in [1.54, 1.807) is 24.3 Å². The first-order valence-electron chi connectivity index (χ1n) is 11.3. The van der Waals surface area contributed by atoms with Gasteiger partial charge in [-0.3, -0.25) is 20.2 Å². The number of nitro benzene ring substituents is 2. The highest BCUT2D eigenvalue weighted by molar-refractivity contribution is 5.55. The molecule has 1 saturated heterocycles. The second kappa shape index (κ2) is 9.81. The molecule has 4 rings (SSSR count). The van der Waals surface area contributed by atoms with Gasteiger partial charge in [-0.25, -0.2) is 0 Å². The largest absolute Gasteiger partial charge is 0.357 e. The number of benzene rings is 3. The van der Waals surface area contributed by atoms with Gasteiger partial charge in [0.1, 0.15) is 0 Å². The molecule has 0 amide bonds. The van der Waals surface area contributed by atoms with Gasteiger partial charge < -0.3 is 4.90 Å². The number of nitrogens with zero attached hydrogens (tertiary/aromatic N) is 3. The second-order valence-electron chi connectivity index (χ2n) is 8.48. The van der Waals surface area contributed by atoms with Crippen LogP contribution in [0.1, 0.15) is 61.4 Å². The fourth-order valence-corrected chi connectivity index (χ4v) is 4.68. The number of anilines is 1. The molecule has 0 saturated carbocycles. The molecule has 3 aromatic carbocycles. The van der Waals surface area contributed by atoms with Gasteiger partial charge in [0.25, 0.3) is 11.4 Å². The molecule has 1 aliphatic rings. The second-order valence-corrected chi connectivity index (χ2v) is 8.48. The third-order valence-corrected chi connectivity index (χ3v) is 6.42. The van der Waals surface area contributed by atoms with Gasteiger partial charge in [-0.2, -0.15) is 0 Å². The average molecular weight is 446 g/mol. The molecule has 0 N–H and O–H groups in total. The van der Waals surface area contributed by atoms with Gasteiger partial charge in [-0.05, 0) is 54.5 Å². The summed E-state index contributed by atoms with van der Waals surface area (Å²) in [6, 6.07) is 22.3. The third-order valence-electron chi connectivity index (χ3n) is 6.42. The maximum atomic E-state index is 11.1. The molecule has 170 valence electrons. The molecule has 0 bridgehead atoms. The number of aryl methyl sites for hydroxylation is 1. The lowest BCUT2D eigenvalue weighted by molar-refractivity contribution is -0.385. The van der Waals surface area contributed by atoms with E-state index in [-0.39, 0.29) is 33.3 Å². The molecule has 2 atom stereocenters. The molecule has 7 nitrogen and oxygen atoms in total. The Hall–Kier alpha value is -3.74. The maximum Gasteiger partial charge on any atom is 0.269 e. The number of non-ortho nitro benzene ring substituents is 2. The van der Waals surface area contributed by atoms with Crippen molar-refractivity contribution in [1.82, 2.24) is 0 Å². The Labute approximate surface area is 193 Å². The van der Waals surface area contributed by atoms with Gasteiger partial charge in [0.05, 0.1) is 21.9 Å². The Morgan fingerprint density at radius 2 is 1.21 bits per heavy atom. The fourth-order valence-electron chi connectivity index (χ4n) is 4.68. The highest BCUT2D eigenvalue weighted by Gasteiger charge is 2.35. The number of nitro groups is 2. The van der Waals surface area contributed by atoms with Crippen molar-refractivity contribution in [3.05, 3.63) is 110 Å². The number of hydrogen-bond acceptors (Lipinski definition) is 5. The highest BCUT2D eigenvalue weighted by Crippen LogP contribution is 2.47. The van der Waals surface area contributed by atoms with Crippen LogP contribution in [0.4, 0.5) is 17.1 Å². The fraction of sp³-hybridized carbons (Fsp3) is 0.308. The van der Waals surface area contributed by atoms with E-state index in [4.69, 9.17) is 0 Å². The maximum absolute atomic E-state index is 11.1. The van der Waals surface area contributed by atoms with Crippen LogP contribution in [0.25, 0.3) is 0 Å². The molecule has 0 spiro atoms. The molecule has 7 heteroatoms. The first-order chi connectivity index (χ1) is 16.0. The van der Waals surface area contributed by atoms with Crippen LogP contribution in [0.5, 0.6) is 0 Å². The van der Waals surface area contributed by atoms with E-state index >= 15 is 0 Å². The van der Waals surface area contributed by atoms with Crippen LogP contribution in [0, 0.1) is 20.2 Å². The number of rotatable bonds is 8. The molecular formula is C26H27N3O4. The lowest BCUT2D eigenvalue weighted by atomic mass is 10.0. The highest BCUT2D eigenvalue weighted by atomic mass is 16.6. The average Bonchev–Trinajstić information content (AvgIpc) is 3.28. The summed E-state index contributed by atoms with van der Waals surface area (Å²) in [6.45, 7) is 2.18. The Morgan fingerprint density at radius 1 is 0.758 bits per heavy atom. The lowest BCUT2D eigenvalue weighted by Crippen LogP contribution is -2.26. The Bertz CT molecular complexity index is 1050. The van der Waals surface area contributed by atoms with E-state index in [9.17, 15) is 20.2 Å². The predicted octanol–water partition coefficient (Wildman–Crippen LogP) is 6.93. The van der Waals surface area contributed by atoms with Crippen LogP contribution < -0.4 is 4.90 Å². The Balaban J connectivity index is 1.69. The first-order valence-corrected chi connectivity index (χ1v) is 11.3. The van der Waals surface area contributed by atoms with Crippen LogP contribution >= 0.6 is 0 Å².